The zero-order chi connectivity index (χ0) is 10.8. The van der Waals surface area contributed by atoms with Crippen LogP contribution in [0.1, 0.15) is 12.0 Å². The number of carbonyl (C=O) groups is 2. The van der Waals surface area contributed by atoms with Crippen LogP contribution in [0.15, 0.2) is 18.2 Å². The Labute approximate surface area is 95.2 Å². The van der Waals surface area contributed by atoms with Gasteiger partial charge in [-0.2, -0.15) is 0 Å². The summed E-state index contributed by atoms with van der Waals surface area (Å²) >= 11 is 3.33. The lowest BCUT2D eigenvalue weighted by molar-refractivity contribution is -0.123. The maximum Gasteiger partial charge on any atom is 0.233 e. The van der Waals surface area contributed by atoms with E-state index in [0.29, 0.717) is 16.7 Å². The first-order valence-electron chi connectivity index (χ1n) is 4.47. The highest BCUT2D eigenvalue weighted by molar-refractivity contribution is 9.08. The van der Waals surface area contributed by atoms with Crippen LogP contribution in [0.3, 0.4) is 0 Å². The van der Waals surface area contributed by atoms with Crippen LogP contribution < -0.4 is 10.6 Å². The first-order valence-corrected chi connectivity index (χ1v) is 5.60. The number of halogens is 1. The van der Waals surface area contributed by atoms with E-state index in [4.69, 9.17) is 0 Å². The second-order valence-corrected chi connectivity index (χ2v) is 3.85. The Kier molecular flexibility index (Phi) is 2.73. The molecule has 1 aliphatic rings. The van der Waals surface area contributed by atoms with Gasteiger partial charge in [-0.3, -0.25) is 9.59 Å². The molecule has 0 aromatic heterocycles. The number of nitrogens with one attached hydrogen (secondary N) is 2. The molecule has 0 fully saturated rings. The molecule has 0 atom stereocenters. The molecule has 1 heterocycles. The molecule has 2 amide bonds. The van der Waals surface area contributed by atoms with Gasteiger partial charge in [0.1, 0.15) is 6.42 Å². The van der Waals surface area contributed by atoms with Crippen molar-refractivity contribution in [2.75, 3.05) is 10.6 Å². The van der Waals surface area contributed by atoms with Gasteiger partial charge >= 0.3 is 0 Å². The van der Waals surface area contributed by atoms with Gasteiger partial charge in [-0.15, -0.1) is 0 Å². The minimum absolute atomic E-state index is 0.127. The first kappa shape index (κ1) is 10.2. The van der Waals surface area contributed by atoms with Crippen molar-refractivity contribution in [3.8, 4) is 0 Å². The molecule has 1 aromatic carbocycles. The van der Waals surface area contributed by atoms with Gasteiger partial charge in [-0.05, 0) is 17.7 Å². The third kappa shape index (κ3) is 2.18. The van der Waals surface area contributed by atoms with Crippen LogP contribution >= 0.6 is 15.9 Å². The maximum absolute atomic E-state index is 11.3. The van der Waals surface area contributed by atoms with E-state index < -0.39 is 0 Å². The lowest BCUT2D eigenvalue weighted by atomic mass is 10.2. The summed E-state index contributed by atoms with van der Waals surface area (Å²) in [4.78, 5) is 22.5. The fourth-order valence-electron chi connectivity index (χ4n) is 1.42. The highest BCUT2D eigenvalue weighted by Gasteiger charge is 2.17. The molecule has 4 nitrogen and oxygen atoms in total. The summed E-state index contributed by atoms with van der Waals surface area (Å²) in [6, 6.07) is 5.52. The number of amides is 2. The van der Waals surface area contributed by atoms with Crippen molar-refractivity contribution in [1.29, 1.82) is 0 Å². The number of carbonyl (C=O) groups excluding carboxylic acids is 2. The summed E-state index contributed by atoms with van der Waals surface area (Å²) in [5.41, 5.74) is 2.35. The van der Waals surface area contributed by atoms with Crippen LogP contribution in [0.2, 0.25) is 0 Å². The van der Waals surface area contributed by atoms with Crippen molar-refractivity contribution >= 4 is 39.1 Å². The molecular weight excluding hydrogens is 260 g/mol. The van der Waals surface area contributed by atoms with Crippen molar-refractivity contribution in [1.82, 2.24) is 0 Å². The van der Waals surface area contributed by atoms with Gasteiger partial charge in [0.2, 0.25) is 11.8 Å². The Morgan fingerprint density at radius 1 is 1.13 bits per heavy atom. The van der Waals surface area contributed by atoms with E-state index in [1.54, 1.807) is 6.07 Å². The number of hydrogen-bond acceptors (Lipinski definition) is 2. The summed E-state index contributed by atoms with van der Waals surface area (Å²) in [5.74, 6) is -0.559. The summed E-state index contributed by atoms with van der Waals surface area (Å²) in [7, 11) is 0. The van der Waals surface area contributed by atoms with Gasteiger partial charge in [0, 0.05) is 5.33 Å². The molecule has 78 valence electrons. The van der Waals surface area contributed by atoms with E-state index in [1.807, 2.05) is 12.1 Å². The fraction of sp³-hybridized carbons (Fsp3) is 0.200. The van der Waals surface area contributed by atoms with E-state index in [-0.39, 0.29) is 18.2 Å². The number of hydrogen-bond donors (Lipinski definition) is 2. The van der Waals surface area contributed by atoms with Crippen molar-refractivity contribution in [2.24, 2.45) is 0 Å². The molecule has 2 N–H and O–H groups in total. The number of fused-ring (bicyclic) bond motifs is 1. The lowest BCUT2D eigenvalue weighted by Gasteiger charge is -2.07. The van der Waals surface area contributed by atoms with Crippen molar-refractivity contribution in [3.05, 3.63) is 23.8 Å². The van der Waals surface area contributed by atoms with Crippen LogP contribution in [-0.4, -0.2) is 11.8 Å². The predicted octanol–water partition coefficient (Wildman–Crippen LogP) is 1.86. The third-order valence-corrected chi connectivity index (χ3v) is 2.76. The Balaban J connectivity index is 2.42. The van der Waals surface area contributed by atoms with Crippen LogP contribution in [-0.2, 0) is 14.9 Å². The third-order valence-electron chi connectivity index (χ3n) is 2.11. The molecule has 0 saturated heterocycles. The number of rotatable bonds is 1. The van der Waals surface area contributed by atoms with Crippen LogP contribution in [0.4, 0.5) is 11.4 Å². The molecule has 2 rings (SSSR count). The van der Waals surface area contributed by atoms with Gasteiger partial charge in [0.15, 0.2) is 0 Å². The number of benzene rings is 1. The van der Waals surface area contributed by atoms with Gasteiger partial charge in [-0.25, -0.2) is 0 Å². The second-order valence-electron chi connectivity index (χ2n) is 3.29. The molecule has 0 aliphatic carbocycles. The van der Waals surface area contributed by atoms with E-state index in [1.165, 1.54) is 0 Å². The Hall–Kier alpha value is -1.36. The van der Waals surface area contributed by atoms with Gasteiger partial charge < -0.3 is 10.6 Å². The summed E-state index contributed by atoms with van der Waals surface area (Å²) in [6.45, 7) is 0. The molecule has 0 radical (unpaired) electrons. The molecular formula is C10H9BrN2O2. The van der Waals surface area contributed by atoms with Crippen LogP contribution in [0.5, 0.6) is 0 Å². The highest BCUT2D eigenvalue weighted by Crippen LogP contribution is 2.26. The topological polar surface area (TPSA) is 58.2 Å². The predicted molar refractivity (Wildman–Crippen MR) is 60.9 cm³/mol. The molecule has 0 saturated carbocycles. The molecule has 15 heavy (non-hydrogen) atoms. The summed E-state index contributed by atoms with van der Waals surface area (Å²) in [5, 5.41) is 6.06. The molecule has 0 unspecified atom stereocenters. The first-order chi connectivity index (χ1) is 7.19. The number of alkyl halides is 1. The molecule has 1 aliphatic heterocycles. The smallest absolute Gasteiger partial charge is 0.233 e. The monoisotopic (exact) mass is 268 g/mol. The van der Waals surface area contributed by atoms with Gasteiger partial charge in [0.05, 0.1) is 11.4 Å². The molecule has 0 spiro atoms. The number of anilines is 2. The highest BCUT2D eigenvalue weighted by atomic mass is 79.9. The average Bonchev–Trinajstić information content (AvgIpc) is 2.33. The van der Waals surface area contributed by atoms with Crippen LogP contribution in [0.25, 0.3) is 0 Å². The minimum Gasteiger partial charge on any atom is -0.324 e. The second kappa shape index (κ2) is 4.02. The van der Waals surface area contributed by atoms with Crippen molar-refractivity contribution < 1.29 is 9.59 Å². The SMILES string of the molecule is O=C1CC(=O)Nc2cc(CBr)ccc2N1. The Bertz CT molecular complexity index is 431. The Morgan fingerprint density at radius 3 is 2.47 bits per heavy atom. The molecule has 0 bridgehead atoms. The van der Waals surface area contributed by atoms with E-state index >= 15 is 0 Å². The normalized spacial score (nSPS) is 15.0. The summed E-state index contributed by atoms with van der Waals surface area (Å²) in [6.07, 6.45) is -0.127. The molecule has 5 heteroatoms. The molecule has 1 aromatic rings. The zero-order valence-corrected chi connectivity index (χ0v) is 9.43. The Morgan fingerprint density at radius 2 is 1.80 bits per heavy atom. The van der Waals surface area contributed by atoms with Crippen molar-refractivity contribution in [3.63, 3.8) is 0 Å². The minimum atomic E-state index is -0.280. The summed E-state index contributed by atoms with van der Waals surface area (Å²) < 4.78 is 0. The van der Waals surface area contributed by atoms with E-state index in [0.717, 1.165) is 5.56 Å². The standard InChI is InChI=1S/C10H9BrN2O2/c11-5-6-1-2-7-8(3-6)13-10(15)4-9(14)12-7/h1-3H,4-5H2,(H,12,14)(H,13,15). The lowest BCUT2D eigenvalue weighted by Crippen LogP contribution is -2.16. The van der Waals surface area contributed by atoms with Gasteiger partial charge in [0.25, 0.3) is 0 Å². The van der Waals surface area contributed by atoms with E-state index in [2.05, 4.69) is 26.6 Å². The zero-order valence-electron chi connectivity index (χ0n) is 7.84. The van der Waals surface area contributed by atoms with Crippen molar-refractivity contribution in [2.45, 2.75) is 11.8 Å². The van der Waals surface area contributed by atoms with E-state index in [9.17, 15) is 9.59 Å². The largest absolute Gasteiger partial charge is 0.324 e. The quantitative estimate of drug-likeness (QED) is 0.604. The van der Waals surface area contributed by atoms with Crippen LogP contribution in [0, 0.1) is 0 Å². The average molecular weight is 269 g/mol. The maximum atomic E-state index is 11.3. The van der Waals surface area contributed by atoms with Gasteiger partial charge in [-0.1, -0.05) is 22.0 Å². The fourth-order valence-corrected chi connectivity index (χ4v) is 1.77.